The van der Waals surface area contributed by atoms with Crippen molar-refractivity contribution in [2.75, 3.05) is 0 Å². The first kappa shape index (κ1) is 16.2. The summed E-state index contributed by atoms with van der Waals surface area (Å²) in [5.41, 5.74) is 1.34. The lowest BCUT2D eigenvalue weighted by molar-refractivity contribution is -0.166. The number of carbonyl (C=O) groups is 2. The van der Waals surface area contributed by atoms with Crippen LogP contribution in [0.15, 0.2) is 30.3 Å². The van der Waals surface area contributed by atoms with Crippen molar-refractivity contribution in [2.45, 2.75) is 53.1 Å². The summed E-state index contributed by atoms with van der Waals surface area (Å²) in [5.74, 6) is -0.378. The minimum absolute atomic E-state index is 0.0533. The minimum Gasteiger partial charge on any atom is -0.456 e. The molecule has 0 amide bonds. The molecule has 1 aromatic rings. The minimum atomic E-state index is -0.683. The Hall–Kier alpha value is -1.64. The average Bonchev–Trinajstić information content (AvgIpc) is 2.81. The van der Waals surface area contributed by atoms with Crippen LogP contribution in [0.25, 0.3) is 0 Å². The third-order valence-electron chi connectivity index (χ3n) is 6.74. The molecule has 0 spiro atoms. The number of carbonyl (C=O) groups excluding carboxylic acids is 2. The molecule has 0 aliphatic heterocycles. The lowest BCUT2D eigenvalue weighted by Gasteiger charge is -2.39. The fraction of sp³-hybridized carbons (Fsp3) is 0.600. The van der Waals surface area contributed by atoms with Crippen LogP contribution in [0.1, 0.15) is 46.1 Å². The number of fused-ring (bicyclic) bond motifs is 2. The molecule has 0 aromatic heterocycles. The first-order valence-corrected chi connectivity index (χ1v) is 8.53. The second kappa shape index (κ2) is 5.47. The Morgan fingerprint density at radius 2 is 1.83 bits per heavy atom. The van der Waals surface area contributed by atoms with Gasteiger partial charge in [-0.05, 0) is 36.2 Å². The summed E-state index contributed by atoms with van der Waals surface area (Å²) in [7, 11) is 0. The topological polar surface area (TPSA) is 43.4 Å². The number of ketones is 1. The van der Waals surface area contributed by atoms with Crippen LogP contribution >= 0.6 is 0 Å². The number of hydrogen-bond donors (Lipinski definition) is 0. The van der Waals surface area contributed by atoms with Crippen molar-refractivity contribution in [3.05, 3.63) is 35.9 Å². The lowest BCUT2D eigenvalue weighted by atomic mass is 9.70. The van der Waals surface area contributed by atoms with Gasteiger partial charge in [0.05, 0.1) is 0 Å². The van der Waals surface area contributed by atoms with Gasteiger partial charge in [-0.15, -0.1) is 0 Å². The first-order chi connectivity index (χ1) is 10.8. The Morgan fingerprint density at radius 3 is 2.43 bits per heavy atom. The van der Waals surface area contributed by atoms with E-state index in [0.29, 0.717) is 5.92 Å². The molecule has 3 rings (SSSR count). The molecule has 4 unspecified atom stereocenters. The maximum atomic E-state index is 12.0. The molecule has 23 heavy (non-hydrogen) atoms. The molecule has 2 fully saturated rings. The van der Waals surface area contributed by atoms with E-state index in [1.54, 1.807) is 0 Å². The third kappa shape index (κ3) is 2.41. The zero-order chi connectivity index (χ0) is 16.8. The fourth-order valence-electron chi connectivity index (χ4n) is 5.05. The zero-order valence-electron chi connectivity index (χ0n) is 14.5. The van der Waals surface area contributed by atoms with Gasteiger partial charge in [-0.2, -0.15) is 0 Å². The van der Waals surface area contributed by atoms with E-state index in [1.807, 2.05) is 18.2 Å². The van der Waals surface area contributed by atoms with Crippen LogP contribution < -0.4 is 0 Å². The molecule has 0 N–H and O–H groups in total. The summed E-state index contributed by atoms with van der Waals surface area (Å²) >= 11 is 0. The van der Waals surface area contributed by atoms with E-state index in [1.165, 1.54) is 18.9 Å². The molecule has 2 saturated carbocycles. The molecular weight excluding hydrogens is 288 g/mol. The number of Topliss-reactive ketones (excluding diaryl/α,β-unsaturated/α-hetero) is 1. The van der Waals surface area contributed by atoms with E-state index >= 15 is 0 Å². The molecule has 0 radical (unpaired) electrons. The summed E-state index contributed by atoms with van der Waals surface area (Å²) < 4.78 is 5.74. The molecule has 3 nitrogen and oxygen atoms in total. The number of hydrogen-bond acceptors (Lipinski definition) is 3. The average molecular weight is 314 g/mol. The Balaban J connectivity index is 1.92. The molecule has 4 atom stereocenters. The monoisotopic (exact) mass is 314 g/mol. The van der Waals surface area contributed by atoms with Crippen LogP contribution in [0.5, 0.6) is 0 Å². The Bertz CT molecular complexity index is 619. The van der Waals surface area contributed by atoms with Gasteiger partial charge in [0.2, 0.25) is 5.78 Å². The second-order valence-corrected chi connectivity index (χ2v) is 8.02. The van der Waals surface area contributed by atoms with Gasteiger partial charge in [-0.3, -0.25) is 4.79 Å². The molecule has 0 saturated heterocycles. The van der Waals surface area contributed by atoms with E-state index in [9.17, 15) is 9.59 Å². The van der Waals surface area contributed by atoms with Gasteiger partial charge in [0.25, 0.3) is 0 Å². The van der Waals surface area contributed by atoms with Gasteiger partial charge < -0.3 is 4.74 Å². The number of ether oxygens (including phenoxy) is 1. The summed E-state index contributed by atoms with van der Waals surface area (Å²) in [6.07, 6.45) is 2.97. The highest BCUT2D eigenvalue weighted by Crippen LogP contribution is 2.68. The number of benzene rings is 1. The standard InChI is InChI=1S/C20H26O3/c1-13(21)18(22)23-17-15(12-14-8-6-5-7-9-14)16-10-11-20(17,4)19(16,2)3/h5-9,15-17H,10-12H2,1-4H3. The molecule has 3 heteroatoms. The van der Waals surface area contributed by atoms with Crippen molar-refractivity contribution in [1.82, 2.24) is 0 Å². The van der Waals surface area contributed by atoms with Crippen molar-refractivity contribution in [2.24, 2.45) is 22.7 Å². The molecule has 0 heterocycles. The maximum absolute atomic E-state index is 12.0. The zero-order valence-corrected chi connectivity index (χ0v) is 14.5. The van der Waals surface area contributed by atoms with Crippen molar-refractivity contribution >= 4 is 11.8 Å². The van der Waals surface area contributed by atoms with Gasteiger partial charge in [-0.1, -0.05) is 51.1 Å². The predicted molar refractivity (Wildman–Crippen MR) is 88.8 cm³/mol. The largest absolute Gasteiger partial charge is 0.456 e. The Kier molecular flexibility index (Phi) is 3.86. The van der Waals surface area contributed by atoms with E-state index in [4.69, 9.17) is 4.74 Å². The van der Waals surface area contributed by atoms with Crippen molar-refractivity contribution in [3.8, 4) is 0 Å². The second-order valence-electron chi connectivity index (χ2n) is 8.02. The SMILES string of the molecule is CC(=O)C(=O)OC1C(Cc2ccccc2)C2CCC1(C)C2(C)C. The van der Waals surface area contributed by atoms with Crippen molar-refractivity contribution in [1.29, 1.82) is 0 Å². The third-order valence-corrected chi connectivity index (χ3v) is 6.74. The lowest BCUT2D eigenvalue weighted by Crippen LogP contribution is -2.42. The van der Waals surface area contributed by atoms with Crippen LogP contribution in [-0.2, 0) is 20.7 Å². The van der Waals surface area contributed by atoms with Crippen molar-refractivity contribution < 1.29 is 14.3 Å². The normalized spacial score (nSPS) is 34.3. The quantitative estimate of drug-likeness (QED) is 0.627. The van der Waals surface area contributed by atoms with Crippen LogP contribution in [-0.4, -0.2) is 17.9 Å². The molecule has 2 bridgehead atoms. The highest BCUT2D eigenvalue weighted by atomic mass is 16.6. The summed E-state index contributed by atoms with van der Waals surface area (Å²) in [4.78, 5) is 23.3. The maximum Gasteiger partial charge on any atom is 0.374 e. The van der Waals surface area contributed by atoms with Crippen LogP contribution in [0.4, 0.5) is 0 Å². The molecule has 124 valence electrons. The van der Waals surface area contributed by atoms with E-state index in [0.717, 1.165) is 12.8 Å². The molecule has 2 aliphatic carbocycles. The predicted octanol–water partition coefficient (Wildman–Crippen LogP) is 3.80. The van der Waals surface area contributed by atoms with Gasteiger partial charge in [0.15, 0.2) is 0 Å². The first-order valence-electron chi connectivity index (χ1n) is 8.53. The van der Waals surface area contributed by atoms with Gasteiger partial charge >= 0.3 is 5.97 Å². The van der Waals surface area contributed by atoms with Crippen LogP contribution in [0.3, 0.4) is 0 Å². The van der Waals surface area contributed by atoms with E-state index < -0.39 is 11.8 Å². The smallest absolute Gasteiger partial charge is 0.374 e. The Labute approximate surface area is 138 Å². The van der Waals surface area contributed by atoms with E-state index in [-0.39, 0.29) is 22.9 Å². The summed E-state index contributed by atoms with van der Waals surface area (Å²) in [6, 6.07) is 10.4. The van der Waals surface area contributed by atoms with Crippen LogP contribution in [0, 0.1) is 22.7 Å². The molecular formula is C20H26O3. The summed E-state index contributed by atoms with van der Waals surface area (Å²) in [5, 5.41) is 0. The van der Waals surface area contributed by atoms with Crippen LogP contribution in [0.2, 0.25) is 0 Å². The molecule has 2 aliphatic rings. The molecule has 1 aromatic carbocycles. The highest BCUT2D eigenvalue weighted by Gasteiger charge is 2.67. The van der Waals surface area contributed by atoms with Gasteiger partial charge in [-0.25, -0.2) is 4.79 Å². The van der Waals surface area contributed by atoms with E-state index in [2.05, 4.69) is 32.9 Å². The summed E-state index contributed by atoms with van der Waals surface area (Å²) in [6.45, 7) is 8.11. The number of rotatable bonds is 4. The number of esters is 1. The highest BCUT2D eigenvalue weighted by molar-refractivity contribution is 6.32. The van der Waals surface area contributed by atoms with Crippen molar-refractivity contribution in [3.63, 3.8) is 0 Å². The van der Waals surface area contributed by atoms with Gasteiger partial charge in [0.1, 0.15) is 6.10 Å². The van der Waals surface area contributed by atoms with Gasteiger partial charge in [0, 0.05) is 18.3 Å². The fourth-order valence-corrected chi connectivity index (χ4v) is 5.05. The Morgan fingerprint density at radius 1 is 1.17 bits per heavy atom.